The molecule has 3 nitrogen and oxygen atoms in total. The van der Waals surface area contributed by atoms with Crippen LogP contribution in [-0.2, 0) is 32.5 Å². The Labute approximate surface area is 389 Å². The predicted molar refractivity (Wildman–Crippen MR) is 279 cm³/mol. The molecule has 7 aromatic rings. The average molecular weight is 855 g/mol. The van der Waals surface area contributed by atoms with Crippen LogP contribution in [0.4, 0.5) is 34.1 Å². The van der Waals surface area contributed by atoms with E-state index < -0.39 is 0 Å². The van der Waals surface area contributed by atoms with Crippen LogP contribution in [0.15, 0.2) is 114 Å². The third kappa shape index (κ3) is 6.07. The fraction of sp³-hybridized carbons (Fsp3) is 0.377. The van der Waals surface area contributed by atoms with Gasteiger partial charge in [0.1, 0.15) is 5.58 Å². The van der Waals surface area contributed by atoms with Crippen LogP contribution in [0.5, 0.6) is 0 Å². The zero-order valence-electron chi connectivity index (χ0n) is 41.7. The summed E-state index contributed by atoms with van der Waals surface area (Å²) in [6.45, 7) is 35.5. The molecule has 0 fully saturated rings. The summed E-state index contributed by atoms with van der Waals surface area (Å²) in [5, 5.41) is 1.20. The molecule has 0 atom stereocenters. The van der Waals surface area contributed by atoms with E-state index in [4.69, 9.17) is 4.42 Å². The largest absolute Gasteiger partial charge is 0.468 e. The topological polar surface area (TPSA) is 19.6 Å². The first-order valence-corrected chi connectivity index (χ1v) is 24.3. The SMILES string of the molecule is CC(C)(C)c1ccc(N2c3cc(C(C)(C)C)cc4c3B(c3cc(C(C)(C)C)ccc3N4c3cccc4c3C(C)(C)c3ccccc3-4)c3oc4cc5c(cc4c32)C(C)(C)CCC5(C)C)cc1. The summed E-state index contributed by atoms with van der Waals surface area (Å²) in [6.07, 6.45) is 2.31. The summed E-state index contributed by atoms with van der Waals surface area (Å²) in [5.74, 6) is 0. The van der Waals surface area contributed by atoms with E-state index in [2.05, 4.69) is 223 Å². The molecule has 0 amide bonds. The molecule has 0 spiro atoms. The predicted octanol–water partition coefficient (Wildman–Crippen LogP) is 15.1. The highest BCUT2D eigenvalue weighted by atomic mass is 16.3. The Morgan fingerprint density at radius 1 is 0.508 bits per heavy atom. The van der Waals surface area contributed by atoms with Gasteiger partial charge in [0, 0.05) is 33.6 Å². The minimum Gasteiger partial charge on any atom is -0.468 e. The van der Waals surface area contributed by atoms with Gasteiger partial charge in [0.05, 0.1) is 17.0 Å². The van der Waals surface area contributed by atoms with Crippen molar-refractivity contribution in [3.05, 3.63) is 148 Å². The van der Waals surface area contributed by atoms with Crippen LogP contribution < -0.4 is 26.4 Å². The van der Waals surface area contributed by atoms with Crippen molar-refractivity contribution in [3.63, 3.8) is 0 Å². The summed E-state index contributed by atoms with van der Waals surface area (Å²) in [6, 6.07) is 42.9. The summed E-state index contributed by atoms with van der Waals surface area (Å²) < 4.78 is 7.61. The van der Waals surface area contributed by atoms with Crippen molar-refractivity contribution in [1.82, 2.24) is 0 Å². The van der Waals surface area contributed by atoms with Crippen molar-refractivity contribution in [1.29, 1.82) is 0 Å². The zero-order valence-corrected chi connectivity index (χ0v) is 41.7. The maximum atomic E-state index is 7.61. The number of hydrogen-bond acceptors (Lipinski definition) is 3. The van der Waals surface area contributed by atoms with Crippen molar-refractivity contribution in [2.45, 2.75) is 149 Å². The Bertz CT molecular complexity index is 3140. The molecule has 0 bridgehead atoms. The quantitative estimate of drug-likeness (QED) is 0.162. The highest BCUT2D eigenvalue weighted by molar-refractivity contribution is 7.00. The molecule has 6 aromatic carbocycles. The molecule has 1 aromatic heterocycles. The Kier molecular flexibility index (Phi) is 8.65. The second-order valence-electron chi connectivity index (χ2n) is 24.9. The lowest BCUT2D eigenvalue weighted by molar-refractivity contribution is 0.332. The Morgan fingerprint density at radius 3 is 1.74 bits per heavy atom. The highest BCUT2D eigenvalue weighted by Gasteiger charge is 2.50. The molecule has 11 rings (SSSR count). The molecule has 3 heterocycles. The van der Waals surface area contributed by atoms with Gasteiger partial charge in [-0.3, -0.25) is 0 Å². The monoisotopic (exact) mass is 855 g/mol. The maximum absolute atomic E-state index is 7.61. The molecule has 2 aliphatic heterocycles. The Morgan fingerprint density at radius 2 is 1.09 bits per heavy atom. The van der Waals surface area contributed by atoms with E-state index in [0.717, 1.165) is 29.8 Å². The fourth-order valence-corrected chi connectivity index (χ4v) is 12.1. The molecular formula is C61H67BN2O. The normalized spacial score (nSPS) is 17.6. The van der Waals surface area contributed by atoms with Crippen LogP contribution in [0.2, 0.25) is 0 Å². The molecule has 4 aliphatic rings. The third-order valence-corrected chi connectivity index (χ3v) is 16.2. The van der Waals surface area contributed by atoms with E-state index in [1.165, 1.54) is 94.8 Å². The average Bonchev–Trinajstić information content (AvgIpc) is 3.72. The molecule has 4 heteroatoms. The lowest BCUT2D eigenvalue weighted by Gasteiger charge is -2.45. The first-order chi connectivity index (χ1) is 30.4. The maximum Gasteiger partial charge on any atom is 0.297 e. The third-order valence-electron chi connectivity index (χ3n) is 16.2. The van der Waals surface area contributed by atoms with Gasteiger partial charge in [-0.15, -0.1) is 0 Å². The molecule has 0 saturated carbocycles. The van der Waals surface area contributed by atoms with Gasteiger partial charge in [0.2, 0.25) is 0 Å². The molecule has 0 radical (unpaired) electrons. The van der Waals surface area contributed by atoms with Crippen LogP contribution in [0.3, 0.4) is 0 Å². The van der Waals surface area contributed by atoms with E-state index >= 15 is 0 Å². The summed E-state index contributed by atoms with van der Waals surface area (Å²) >= 11 is 0. The number of nitrogens with zero attached hydrogens (tertiary/aromatic N) is 2. The Hall–Kier alpha value is -5.48. The molecule has 0 N–H and O–H groups in total. The highest BCUT2D eigenvalue weighted by Crippen LogP contribution is 2.57. The lowest BCUT2D eigenvalue weighted by atomic mass is 9.35. The van der Waals surface area contributed by atoms with Crippen molar-refractivity contribution in [3.8, 4) is 11.1 Å². The van der Waals surface area contributed by atoms with Crippen LogP contribution in [0, 0.1) is 0 Å². The molecule has 0 saturated heterocycles. The van der Waals surface area contributed by atoms with Gasteiger partial charge in [0.15, 0.2) is 0 Å². The number of hydrogen-bond donors (Lipinski definition) is 0. The van der Waals surface area contributed by atoms with E-state index in [9.17, 15) is 0 Å². The van der Waals surface area contributed by atoms with E-state index in [1.807, 2.05) is 0 Å². The fourth-order valence-electron chi connectivity index (χ4n) is 12.1. The van der Waals surface area contributed by atoms with Crippen molar-refractivity contribution < 1.29 is 4.42 Å². The number of rotatable bonds is 2. The van der Waals surface area contributed by atoms with Crippen molar-refractivity contribution in [2.75, 3.05) is 9.80 Å². The Balaban J connectivity index is 1.29. The number of fused-ring (bicyclic) bond motifs is 10. The van der Waals surface area contributed by atoms with Crippen molar-refractivity contribution >= 4 is 68.4 Å². The summed E-state index contributed by atoms with van der Waals surface area (Å²) in [5.41, 5.74) is 23.9. The van der Waals surface area contributed by atoms with Crippen LogP contribution in [0.25, 0.3) is 22.1 Å². The first kappa shape index (κ1) is 42.2. The first-order valence-electron chi connectivity index (χ1n) is 24.3. The second-order valence-corrected chi connectivity index (χ2v) is 24.9. The molecule has 65 heavy (non-hydrogen) atoms. The molecule has 330 valence electrons. The van der Waals surface area contributed by atoms with Crippen LogP contribution >= 0.6 is 0 Å². The van der Waals surface area contributed by atoms with Crippen molar-refractivity contribution in [2.24, 2.45) is 0 Å². The van der Waals surface area contributed by atoms with E-state index in [-0.39, 0.29) is 39.2 Å². The molecule has 0 unspecified atom stereocenters. The van der Waals surface area contributed by atoms with Crippen LogP contribution in [-0.4, -0.2) is 6.71 Å². The molecule has 2 aliphatic carbocycles. The van der Waals surface area contributed by atoms with Crippen LogP contribution in [0.1, 0.15) is 156 Å². The minimum absolute atomic E-state index is 0.0279. The zero-order chi connectivity index (χ0) is 46.1. The number of anilines is 6. The summed E-state index contributed by atoms with van der Waals surface area (Å²) in [4.78, 5) is 5.24. The van der Waals surface area contributed by atoms with Gasteiger partial charge in [-0.05, 0) is 149 Å². The van der Waals surface area contributed by atoms with E-state index in [1.54, 1.807) is 0 Å². The standard InChI is InChI=1S/C61H67BN2O/c1-56(2,3)36-23-26-39(27-24-36)63-49-32-38(58(7,8)9)33-50-53(49)62(55-54(63)42-34-44-45(35-51(42)65-55)60(12,13)30-29-59(44,10)11)46-31-37(57(4,5)6)25-28-47(46)64(50)48-22-18-20-41-40-19-16-17-21-43(40)61(14,15)52(41)48/h16-28,31-35H,29-30H2,1-15H3. The van der Waals surface area contributed by atoms with Gasteiger partial charge in [-0.25, -0.2) is 0 Å². The summed E-state index contributed by atoms with van der Waals surface area (Å²) in [7, 11) is 0. The van der Waals surface area contributed by atoms with Gasteiger partial charge in [-0.2, -0.15) is 0 Å². The van der Waals surface area contributed by atoms with Gasteiger partial charge < -0.3 is 14.2 Å². The van der Waals surface area contributed by atoms with Gasteiger partial charge in [-0.1, -0.05) is 165 Å². The van der Waals surface area contributed by atoms with Gasteiger partial charge in [0.25, 0.3) is 6.71 Å². The van der Waals surface area contributed by atoms with E-state index in [0.29, 0.717) is 0 Å². The number of benzene rings is 6. The number of furan rings is 1. The lowest BCUT2D eigenvalue weighted by Crippen LogP contribution is -2.61. The van der Waals surface area contributed by atoms with Gasteiger partial charge >= 0.3 is 0 Å². The second kappa shape index (κ2) is 13.3. The minimum atomic E-state index is -0.208. The smallest absolute Gasteiger partial charge is 0.297 e. The molecular weight excluding hydrogens is 787 g/mol.